The Hall–Kier alpha value is -3.60. The monoisotopic (exact) mass is 768 g/mol. The summed E-state index contributed by atoms with van der Waals surface area (Å²) in [6.45, 7) is 0. The van der Waals surface area contributed by atoms with Crippen molar-refractivity contribution >= 4 is 121 Å². The Bertz CT molecular complexity index is 1640. The number of halogens is 3. The van der Waals surface area contributed by atoms with Crippen LogP contribution in [0.1, 0.15) is 0 Å². The van der Waals surface area contributed by atoms with E-state index in [1.54, 1.807) is 93.9 Å². The summed E-state index contributed by atoms with van der Waals surface area (Å²) < 4.78 is 2.58. The second-order valence-corrected chi connectivity index (χ2v) is 10.2. The fourth-order valence-electron chi connectivity index (χ4n) is 7.30. The number of para-hydroxylation sites is 6. The van der Waals surface area contributed by atoms with Gasteiger partial charge in [0, 0.05) is 50.1 Å². The van der Waals surface area contributed by atoms with Crippen LogP contribution >= 0.6 is 50.9 Å². The Labute approximate surface area is 270 Å². The lowest BCUT2D eigenvalue weighted by Crippen LogP contribution is -2.87. The maximum Gasteiger partial charge on any atom is 0.610 e. The molecule has 0 saturated carbocycles. The predicted molar refractivity (Wildman–Crippen MR) is 172 cm³/mol. The first-order valence-corrected chi connectivity index (χ1v) is 12.1. The summed E-state index contributed by atoms with van der Waals surface area (Å²) in [6, 6.07) is 20.9. The first-order valence-electron chi connectivity index (χ1n) is 12.1. The molecule has 15 heteroatoms. The lowest BCUT2D eigenvalue weighted by Gasteiger charge is -2.35. The van der Waals surface area contributed by atoms with Crippen molar-refractivity contribution in [2.24, 2.45) is 0 Å². The fraction of sp³-hybridized carbons (Fsp3) is 0.111. The molecule has 3 aromatic rings. The number of hydrogen-bond donors (Lipinski definition) is 3. The average Bonchev–Trinajstić information content (AvgIpc) is 3.46. The molecule has 0 bridgehead atoms. The number of hydrogen-bond acceptors (Lipinski definition) is 3. The molecule has 216 valence electrons. The van der Waals surface area contributed by atoms with E-state index in [2.05, 4.69) is 0 Å². The molecule has 12 nitrogen and oxygen atoms in total. The molecular formula is C27H27Br3N6O6+6. The van der Waals surface area contributed by atoms with E-state index in [9.17, 15) is 29.7 Å². The first-order chi connectivity index (χ1) is 18.5. The molecule has 4 aliphatic heterocycles. The minimum atomic E-state index is -1.27. The van der Waals surface area contributed by atoms with Crippen LogP contribution in [0.2, 0.25) is 0 Å². The highest BCUT2D eigenvalue weighted by molar-refractivity contribution is 8.93. The maximum absolute atomic E-state index is 13.0. The molecule has 0 unspecified atom stereocenters. The van der Waals surface area contributed by atoms with E-state index < -0.39 is 18.3 Å². The highest BCUT2D eigenvalue weighted by Crippen LogP contribution is 2.56. The van der Waals surface area contributed by atoms with Gasteiger partial charge in [-0.05, 0) is 13.4 Å². The van der Waals surface area contributed by atoms with Gasteiger partial charge in [-0.25, -0.2) is 0 Å². The van der Waals surface area contributed by atoms with E-state index in [0.717, 1.165) is 13.7 Å². The Morgan fingerprint density at radius 1 is 0.476 bits per heavy atom. The van der Waals surface area contributed by atoms with Gasteiger partial charge in [-0.2, -0.15) is 14.4 Å². The largest absolute Gasteiger partial charge is 0.610 e. The Balaban J connectivity index is 0.00000135. The van der Waals surface area contributed by atoms with Crippen molar-refractivity contribution in [2.45, 2.75) is 0 Å². The summed E-state index contributed by atoms with van der Waals surface area (Å²) in [5.74, 6) is 0.749. The number of rotatable bonds is 0. The number of quaternary nitrogens is 3. The molecule has 1 fully saturated rings. The smallest absolute Gasteiger partial charge is 0.427 e. The van der Waals surface area contributed by atoms with Crippen molar-refractivity contribution in [3.63, 3.8) is 0 Å². The zero-order chi connectivity index (χ0) is 27.6. The van der Waals surface area contributed by atoms with Crippen LogP contribution in [0.3, 0.4) is 0 Å². The zero-order valence-electron chi connectivity index (χ0n) is 22.4. The molecule has 0 aromatic heterocycles. The number of carbonyl (C=O) groups is 3. The Morgan fingerprint density at radius 3 is 0.905 bits per heavy atom. The molecule has 3 aromatic carbocycles. The van der Waals surface area contributed by atoms with Gasteiger partial charge in [0.15, 0.2) is 0 Å². The van der Waals surface area contributed by atoms with Crippen LogP contribution < -0.4 is 13.4 Å². The summed E-state index contributed by atoms with van der Waals surface area (Å²) in [7, 11) is 5.32. The minimum absolute atomic E-state index is 0. The molecule has 3 amide bonds. The predicted octanol–water partition coefficient (Wildman–Crippen LogP) is 5.72. The summed E-state index contributed by atoms with van der Waals surface area (Å²) in [5.41, 5.74) is 2.77. The van der Waals surface area contributed by atoms with Gasteiger partial charge in [-0.15, -0.1) is 50.9 Å². The third-order valence-corrected chi connectivity index (χ3v) is 8.39. The van der Waals surface area contributed by atoms with E-state index in [-0.39, 0.29) is 82.3 Å². The molecule has 42 heavy (non-hydrogen) atoms. The number of fused-ring (bicyclic) bond motifs is 12. The van der Waals surface area contributed by atoms with Crippen molar-refractivity contribution in [3.05, 3.63) is 72.8 Å². The molecule has 7 rings (SSSR count). The summed E-state index contributed by atoms with van der Waals surface area (Å²) in [6.07, 6.45) is -3.80. The van der Waals surface area contributed by atoms with Gasteiger partial charge in [0.05, 0.1) is 0 Å². The van der Waals surface area contributed by atoms with Gasteiger partial charge in [0.1, 0.15) is 21.1 Å². The third-order valence-electron chi connectivity index (χ3n) is 8.39. The van der Waals surface area contributed by atoms with E-state index in [1.807, 2.05) is 0 Å². The van der Waals surface area contributed by atoms with Crippen LogP contribution in [-0.4, -0.2) is 86.3 Å². The molecular weight excluding hydrogens is 744 g/mol. The van der Waals surface area contributed by atoms with Crippen molar-refractivity contribution in [1.29, 1.82) is 0 Å². The third kappa shape index (κ3) is 3.20. The van der Waals surface area contributed by atoms with Gasteiger partial charge >= 0.3 is 36.2 Å². The number of carboxylic acid groups (broad SMARTS) is 3. The van der Waals surface area contributed by atoms with E-state index in [4.69, 9.17) is 0 Å². The number of amides is 3. The van der Waals surface area contributed by atoms with Gasteiger partial charge in [0.2, 0.25) is 17.1 Å². The second kappa shape index (κ2) is 9.72. The first kappa shape index (κ1) is 31.3. The van der Waals surface area contributed by atoms with Gasteiger partial charge in [-0.1, -0.05) is 36.4 Å². The topological polar surface area (TPSA) is 121 Å². The van der Waals surface area contributed by atoms with Gasteiger partial charge in [-0.3, -0.25) is 0 Å². The highest BCUT2D eigenvalue weighted by atomic mass is 79.9. The van der Waals surface area contributed by atoms with Crippen molar-refractivity contribution < 1.29 is 43.4 Å². The molecule has 0 spiro atoms. The molecule has 0 aliphatic carbocycles. The quantitative estimate of drug-likeness (QED) is 0.199. The fourth-order valence-corrected chi connectivity index (χ4v) is 7.30. The SMILES string of the molecule is Br.Br.Br.C[N+]12C3=[N+](C(=O)O)c4ccccc4[N+]3(C)C3=[N+](C(=O)O)c4ccccc4[N+]3(C)C1=[N+](C(=O)O)c1ccccc12. The van der Waals surface area contributed by atoms with E-state index in [1.165, 1.54) is 0 Å². The molecule has 3 N–H and O–H groups in total. The number of nitrogens with zero attached hydrogens (tertiary/aromatic N) is 6. The highest BCUT2D eigenvalue weighted by Gasteiger charge is 2.92. The lowest BCUT2D eigenvalue weighted by atomic mass is 10.1. The Morgan fingerprint density at radius 2 is 0.690 bits per heavy atom. The van der Waals surface area contributed by atoms with Gasteiger partial charge in [0.25, 0.3) is 17.1 Å². The van der Waals surface area contributed by atoms with Gasteiger partial charge < -0.3 is 15.3 Å². The summed E-state index contributed by atoms with van der Waals surface area (Å²) in [5, 5.41) is 31.9. The van der Waals surface area contributed by atoms with Crippen LogP contribution in [0, 0.1) is 0 Å². The molecule has 1 saturated heterocycles. The van der Waals surface area contributed by atoms with Crippen LogP contribution in [-0.2, 0) is 0 Å². The van der Waals surface area contributed by atoms with Crippen molar-refractivity contribution in [1.82, 2.24) is 13.4 Å². The molecule has 0 atom stereocenters. The summed E-state index contributed by atoms with van der Waals surface area (Å²) >= 11 is 0. The average molecular weight is 771 g/mol. The lowest BCUT2D eigenvalue weighted by molar-refractivity contribution is -0.371. The minimum Gasteiger partial charge on any atom is -0.427 e. The molecule has 4 heterocycles. The van der Waals surface area contributed by atoms with Crippen LogP contribution in [0.5, 0.6) is 0 Å². The van der Waals surface area contributed by atoms with Crippen LogP contribution in [0.15, 0.2) is 72.8 Å². The maximum atomic E-state index is 13.0. The molecule has 0 radical (unpaired) electrons. The summed E-state index contributed by atoms with van der Waals surface area (Å²) in [4.78, 5) is 39.1. The normalized spacial score (nSPS) is 25.5. The number of guanidine groups is 3. The van der Waals surface area contributed by atoms with E-state index in [0.29, 0.717) is 34.1 Å². The van der Waals surface area contributed by atoms with Crippen LogP contribution in [0.4, 0.5) is 48.5 Å². The van der Waals surface area contributed by atoms with E-state index >= 15 is 0 Å². The standard InChI is InChI=1S/C27H21N6O6.3BrH/c1-31-19-13-7-4-10-16(19)28(25(34)35)22(31)33(3)21-15-9-6-12-18(21)30(27(38)39)24(33)32(2)20-14-8-5-11-17(20)29(23(31)32)26(36)37;;;/h4-15H,1-3H3;3*1H/q+3;;;/p+3. The van der Waals surface area contributed by atoms with Crippen molar-refractivity contribution in [3.8, 4) is 0 Å². The van der Waals surface area contributed by atoms with Crippen molar-refractivity contribution in [2.75, 3.05) is 21.1 Å². The Kier molecular flexibility index (Phi) is 7.25. The zero-order valence-corrected chi connectivity index (χ0v) is 27.5. The molecule has 4 aliphatic rings. The number of benzene rings is 3. The van der Waals surface area contributed by atoms with Crippen LogP contribution in [0.25, 0.3) is 0 Å². The second-order valence-electron chi connectivity index (χ2n) is 10.2.